The minimum absolute atomic E-state index is 0.132. The van der Waals surface area contributed by atoms with Crippen LogP contribution < -0.4 is 0 Å². The van der Waals surface area contributed by atoms with E-state index in [1.807, 2.05) is 0 Å². The Labute approximate surface area is 185 Å². The molecule has 0 unspecified atom stereocenters. The van der Waals surface area contributed by atoms with E-state index >= 15 is 0 Å². The summed E-state index contributed by atoms with van der Waals surface area (Å²) in [5.74, 6) is -1.82. The fourth-order valence-corrected chi connectivity index (χ4v) is 3.49. The molecule has 31 heavy (non-hydrogen) atoms. The van der Waals surface area contributed by atoms with Crippen LogP contribution in [0.4, 0.5) is 9.59 Å². The Morgan fingerprint density at radius 2 is 1.58 bits per heavy atom. The van der Waals surface area contributed by atoms with Crippen molar-refractivity contribution in [3.05, 3.63) is 25.3 Å². The van der Waals surface area contributed by atoms with Gasteiger partial charge in [0.25, 0.3) is 5.91 Å². The van der Waals surface area contributed by atoms with Gasteiger partial charge in [0.1, 0.15) is 17.2 Å². The molecule has 174 valence electrons. The topological polar surface area (TPSA) is 93.2 Å². The standard InChI is InChI=1S/C23H36N2O6/c1-11-13-23(24(14-12-2)19(28)30-21(5,6)7)17(26)16(15(3)4)25(18(23)27)20(29)31-22(8,9)10/h11-12,15-16H,1-2,13-14H2,3-10H3/t16-,23+/m1/s1. The number of hydrogen-bond acceptors (Lipinski definition) is 6. The number of amides is 3. The highest BCUT2D eigenvalue weighted by Crippen LogP contribution is 2.38. The molecule has 2 atom stereocenters. The van der Waals surface area contributed by atoms with E-state index < -0.39 is 52.6 Å². The average molecular weight is 437 g/mol. The highest BCUT2D eigenvalue weighted by atomic mass is 16.6. The van der Waals surface area contributed by atoms with Crippen molar-refractivity contribution in [2.24, 2.45) is 5.92 Å². The monoisotopic (exact) mass is 436 g/mol. The van der Waals surface area contributed by atoms with E-state index in [1.54, 1.807) is 55.4 Å². The molecule has 1 heterocycles. The van der Waals surface area contributed by atoms with Crippen molar-refractivity contribution < 1.29 is 28.7 Å². The van der Waals surface area contributed by atoms with E-state index in [4.69, 9.17) is 9.47 Å². The molecular weight excluding hydrogens is 400 g/mol. The molecular formula is C23H36N2O6. The normalized spacial score (nSPS) is 21.8. The molecule has 0 saturated carbocycles. The first kappa shape index (κ1) is 26.4. The van der Waals surface area contributed by atoms with E-state index in [2.05, 4.69) is 13.2 Å². The van der Waals surface area contributed by atoms with Crippen molar-refractivity contribution in [3.63, 3.8) is 0 Å². The molecule has 1 aliphatic rings. The van der Waals surface area contributed by atoms with Gasteiger partial charge in [-0.3, -0.25) is 14.5 Å². The van der Waals surface area contributed by atoms with Crippen molar-refractivity contribution in [2.75, 3.05) is 6.54 Å². The van der Waals surface area contributed by atoms with Crippen LogP contribution in [-0.4, -0.2) is 63.0 Å². The van der Waals surface area contributed by atoms with Gasteiger partial charge in [0.2, 0.25) is 0 Å². The van der Waals surface area contributed by atoms with E-state index in [9.17, 15) is 19.2 Å². The highest BCUT2D eigenvalue weighted by molar-refractivity contribution is 6.24. The molecule has 0 bridgehead atoms. The lowest BCUT2D eigenvalue weighted by Gasteiger charge is -2.37. The van der Waals surface area contributed by atoms with E-state index in [1.165, 1.54) is 12.2 Å². The largest absolute Gasteiger partial charge is 0.444 e. The van der Waals surface area contributed by atoms with Crippen LogP contribution in [0.2, 0.25) is 0 Å². The number of ketones is 1. The molecule has 1 saturated heterocycles. The third kappa shape index (κ3) is 5.54. The van der Waals surface area contributed by atoms with Gasteiger partial charge in [-0.15, -0.1) is 13.2 Å². The summed E-state index contributed by atoms with van der Waals surface area (Å²) in [6.07, 6.45) is 0.810. The predicted octanol–water partition coefficient (Wildman–Crippen LogP) is 4.10. The van der Waals surface area contributed by atoms with Crippen LogP contribution in [0.15, 0.2) is 25.3 Å². The summed E-state index contributed by atoms with van der Waals surface area (Å²) in [6.45, 7) is 20.7. The predicted molar refractivity (Wildman–Crippen MR) is 117 cm³/mol. The van der Waals surface area contributed by atoms with Crippen LogP contribution in [0.25, 0.3) is 0 Å². The summed E-state index contributed by atoms with van der Waals surface area (Å²) >= 11 is 0. The van der Waals surface area contributed by atoms with Gasteiger partial charge in [-0.1, -0.05) is 26.0 Å². The van der Waals surface area contributed by atoms with Crippen molar-refractivity contribution in [1.29, 1.82) is 0 Å². The molecule has 0 aromatic heterocycles. The minimum Gasteiger partial charge on any atom is -0.444 e. The number of hydrogen-bond donors (Lipinski definition) is 0. The number of nitrogens with zero attached hydrogens (tertiary/aromatic N) is 2. The van der Waals surface area contributed by atoms with Crippen molar-refractivity contribution >= 4 is 23.9 Å². The van der Waals surface area contributed by atoms with Crippen LogP contribution in [0.5, 0.6) is 0 Å². The lowest BCUT2D eigenvalue weighted by Crippen LogP contribution is -2.61. The summed E-state index contributed by atoms with van der Waals surface area (Å²) < 4.78 is 10.9. The summed E-state index contributed by atoms with van der Waals surface area (Å²) in [5, 5.41) is 0. The number of rotatable bonds is 6. The Kier molecular flexibility index (Phi) is 7.87. The maximum absolute atomic E-state index is 13.7. The summed E-state index contributed by atoms with van der Waals surface area (Å²) in [7, 11) is 0. The van der Waals surface area contributed by atoms with Gasteiger partial charge < -0.3 is 9.47 Å². The first-order valence-corrected chi connectivity index (χ1v) is 10.4. The first-order valence-electron chi connectivity index (χ1n) is 10.4. The third-order valence-corrected chi connectivity index (χ3v) is 4.57. The Morgan fingerprint density at radius 3 is 1.97 bits per heavy atom. The average Bonchev–Trinajstić information content (AvgIpc) is 2.79. The van der Waals surface area contributed by atoms with Crippen LogP contribution in [-0.2, 0) is 19.1 Å². The van der Waals surface area contributed by atoms with Crippen molar-refractivity contribution in [3.8, 4) is 0 Å². The highest BCUT2D eigenvalue weighted by Gasteiger charge is 2.65. The molecule has 8 nitrogen and oxygen atoms in total. The Balaban J connectivity index is 3.68. The van der Waals surface area contributed by atoms with Gasteiger partial charge >= 0.3 is 12.2 Å². The second-order valence-corrected chi connectivity index (χ2v) is 9.94. The maximum atomic E-state index is 13.7. The molecule has 3 amide bonds. The zero-order valence-corrected chi connectivity index (χ0v) is 20.0. The zero-order chi connectivity index (χ0) is 24.4. The SMILES string of the molecule is C=CCN(C(=O)OC(C)(C)C)[C@@]1(CC=C)C(=O)[C@@H](C(C)C)N(C(=O)OC(C)(C)C)C1=O. The number of carbonyl (C=O) groups is 4. The Bertz CT molecular complexity index is 759. The number of Topliss-reactive ketones (excluding diaryl/α,β-unsaturated/α-hetero) is 1. The molecule has 1 rings (SSSR count). The van der Waals surface area contributed by atoms with Gasteiger partial charge in [-0.2, -0.15) is 0 Å². The second-order valence-electron chi connectivity index (χ2n) is 9.94. The van der Waals surface area contributed by atoms with Gasteiger partial charge in [-0.25, -0.2) is 14.5 Å². The second kappa shape index (κ2) is 9.24. The quantitative estimate of drug-likeness (QED) is 0.460. The minimum atomic E-state index is -1.98. The smallest absolute Gasteiger partial charge is 0.417 e. The third-order valence-electron chi connectivity index (χ3n) is 4.57. The number of likely N-dealkylation sites (tertiary alicyclic amines) is 1. The zero-order valence-electron chi connectivity index (χ0n) is 20.0. The lowest BCUT2D eigenvalue weighted by molar-refractivity contribution is -0.141. The van der Waals surface area contributed by atoms with Gasteiger partial charge in [0.15, 0.2) is 11.3 Å². The molecule has 0 N–H and O–H groups in total. The molecule has 1 aliphatic heterocycles. The molecule has 1 fully saturated rings. The van der Waals surface area contributed by atoms with Gasteiger partial charge in [0, 0.05) is 13.0 Å². The van der Waals surface area contributed by atoms with Crippen molar-refractivity contribution in [1.82, 2.24) is 9.80 Å². The summed E-state index contributed by atoms with van der Waals surface area (Å²) in [5.41, 5.74) is -3.72. The van der Waals surface area contributed by atoms with Gasteiger partial charge in [-0.05, 0) is 47.5 Å². The Morgan fingerprint density at radius 1 is 1.06 bits per heavy atom. The number of ether oxygens (including phenoxy) is 2. The molecule has 0 aromatic rings. The molecule has 0 spiro atoms. The lowest BCUT2D eigenvalue weighted by atomic mass is 9.85. The van der Waals surface area contributed by atoms with Crippen molar-refractivity contribution in [2.45, 2.75) is 84.6 Å². The fourth-order valence-electron chi connectivity index (χ4n) is 3.49. The van der Waals surface area contributed by atoms with E-state index in [0.717, 1.165) is 9.80 Å². The number of carbonyl (C=O) groups excluding carboxylic acids is 4. The van der Waals surface area contributed by atoms with Crippen LogP contribution in [0.3, 0.4) is 0 Å². The maximum Gasteiger partial charge on any atom is 0.417 e. The molecule has 0 radical (unpaired) electrons. The molecule has 8 heteroatoms. The molecule has 0 aliphatic carbocycles. The summed E-state index contributed by atoms with van der Waals surface area (Å²) in [6, 6.07) is -1.10. The van der Waals surface area contributed by atoms with Gasteiger partial charge in [0.05, 0.1) is 0 Å². The van der Waals surface area contributed by atoms with E-state index in [-0.39, 0.29) is 13.0 Å². The fraction of sp³-hybridized carbons (Fsp3) is 0.652. The van der Waals surface area contributed by atoms with Crippen LogP contribution in [0.1, 0.15) is 61.8 Å². The number of imide groups is 1. The first-order chi connectivity index (χ1) is 14.0. The van der Waals surface area contributed by atoms with Crippen LogP contribution >= 0.6 is 0 Å². The molecule has 0 aromatic carbocycles. The van der Waals surface area contributed by atoms with E-state index in [0.29, 0.717) is 0 Å². The summed E-state index contributed by atoms with van der Waals surface area (Å²) in [4.78, 5) is 55.4. The van der Waals surface area contributed by atoms with Crippen LogP contribution in [0, 0.1) is 5.92 Å². The Hall–Kier alpha value is -2.64.